The van der Waals surface area contributed by atoms with Gasteiger partial charge in [0.15, 0.2) is 0 Å². The Balaban J connectivity index is 1.98. The summed E-state index contributed by atoms with van der Waals surface area (Å²) in [7, 11) is 0. The fraction of sp³-hybridized carbons (Fsp3) is 0.733. The first-order valence-corrected chi connectivity index (χ1v) is 7.68. The Kier molecular flexibility index (Phi) is 5.17. The molecule has 3 N–H and O–H groups in total. The molecule has 2 rings (SSSR count). The highest BCUT2D eigenvalue weighted by molar-refractivity contribution is 5.56. The lowest BCUT2D eigenvalue weighted by atomic mass is 10.0. The first-order chi connectivity index (χ1) is 9.59. The Morgan fingerprint density at radius 2 is 1.90 bits per heavy atom. The largest absolute Gasteiger partial charge is 0.383 e. The molecule has 1 aliphatic heterocycles. The normalized spacial score (nSPS) is 18.2. The van der Waals surface area contributed by atoms with E-state index in [2.05, 4.69) is 41.0 Å². The highest BCUT2D eigenvalue weighted by Crippen LogP contribution is 2.26. The van der Waals surface area contributed by atoms with Gasteiger partial charge in [-0.1, -0.05) is 20.3 Å². The number of nitrogens with one attached hydrogen (secondary N) is 1. The van der Waals surface area contributed by atoms with Gasteiger partial charge in [-0.25, -0.2) is 9.97 Å². The second-order valence-electron chi connectivity index (χ2n) is 6.00. The molecule has 1 atom stereocenters. The molecular formula is C15H27N5. The molecule has 5 heteroatoms. The van der Waals surface area contributed by atoms with Crippen LogP contribution in [0.1, 0.15) is 51.5 Å². The Hall–Kier alpha value is -1.36. The minimum Gasteiger partial charge on any atom is -0.383 e. The third-order valence-electron chi connectivity index (χ3n) is 4.07. The molecule has 0 spiro atoms. The van der Waals surface area contributed by atoms with Crippen LogP contribution >= 0.6 is 0 Å². The number of aromatic nitrogens is 2. The van der Waals surface area contributed by atoms with Gasteiger partial charge < -0.3 is 11.1 Å². The van der Waals surface area contributed by atoms with Crippen molar-refractivity contribution in [2.45, 2.75) is 52.0 Å². The van der Waals surface area contributed by atoms with E-state index in [1.165, 1.54) is 38.7 Å². The van der Waals surface area contributed by atoms with Crippen LogP contribution in [-0.2, 0) is 0 Å². The molecule has 2 heterocycles. The molecule has 1 aromatic heterocycles. The molecule has 0 radical (unpaired) electrons. The molecule has 1 fully saturated rings. The number of piperidine rings is 1. The van der Waals surface area contributed by atoms with Crippen LogP contribution in [0.15, 0.2) is 6.33 Å². The predicted octanol–water partition coefficient (Wildman–Crippen LogP) is 2.47. The van der Waals surface area contributed by atoms with Crippen LogP contribution in [0.4, 0.5) is 11.6 Å². The van der Waals surface area contributed by atoms with E-state index in [0.29, 0.717) is 17.8 Å². The fourth-order valence-electron chi connectivity index (χ4n) is 2.85. The van der Waals surface area contributed by atoms with E-state index in [9.17, 15) is 0 Å². The van der Waals surface area contributed by atoms with Crippen molar-refractivity contribution in [3.63, 3.8) is 0 Å². The quantitative estimate of drug-likeness (QED) is 0.865. The summed E-state index contributed by atoms with van der Waals surface area (Å²) < 4.78 is 0. The number of nitrogens with two attached hydrogens (primary N) is 1. The van der Waals surface area contributed by atoms with Crippen LogP contribution in [0.25, 0.3) is 0 Å². The number of rotatable bonds is 5. The summed E-state index contributed by atoms with van der Waals surface area (Å²) in [5.41, 5.74) is 7.00. The maximum Gasteiger partial charge on any atom is 0.135 e. The highest BCUT2D eigenvalue weighted by Gasteiger charge is 2.18. The van der Waals surface area contributed by atoms with Gasteiger partial charge in [-0.3, -0.25) is 4.90 Å². The molecule has 5 nitrogen and oxygen atoms in total. The second-order valence-corrected chi connectivity index (χ2v) is 6.00. The highest BCUT2D eigenvalue weighted by atomic mass is 15.2. The van der Waals surface area contributed by atoms with Gasteiger partial charge in [-0.2, -0.15) is 0 Å². The minimum atomic E-state index is 0.323. The molecule has 0 bridgehead atoms. The van der Waals surface area contributed by atoms with Crippen molar-refractivity contribution < 1.29 is 0 Å². The van der Waals surface area contributed by atoms with Gasteiger partial charge in [0.1, 0.15) is 18.0 Å². The zero-order valence-electron chi connectivity index (χ0n) is 12.9. The minimum absolute atomic E-state index is 0.323. The third-order valence-corrected chi connectivity index (χ3v) is 4.07. The van der Waals surface area contributed by atoms with E-state index < -0.39 is 0 Å². The molecule has 0 amide bonds. The van der Waals surface area contributed by atoms with Crippen molar-refractivity contribution in [3.8, 4) is 0 Å². The van der Waals surface area contributed by atoms with Crippen molar-refractivity contribution >= 4 is 11.6 Å². The molecule has 112 valence electrons. The Labute approximate surface area is 122 Å². The Morgan fingerprint density at radius 3 is 2.55 bits per heavy atom. The lowest BCUT2D eigenvalue weighted by Gasteiger charge is -2.32. The zero-order chi connectivity index (χ0) is 14.5. The molecule has 0 aliphatic carbocycles. The van der Waals surface area contributed by atoms with Crippen LogP contribution in [0.3, 0.4) is 0 Å². The van der Waals surface area contributed by atoms with Gasteiger partial charge in [-0.05, 0) is 38.8 Å². The smallest absolute Gasteiger partial charge is 0.135 e. The fourth-order valence-corrected chi connectivity index (χ4v) is 2.85. The summed E-state index contributed by atoms with van der Waals surface area (Å²) in [5.74, 6) is 1.79. The molecule has 1 aliphatic rings. The molecular weight excluding hydrogens is 250 g/mol. The number of hydrogen-bond donors (Lipinski definition) is 2. The first-order valence-electron chi connectivity index (χ1n) is 7.68. The van der Waals surface area contributed by atoms with E-state index in [4.69, 9.17) is 5.73 Å². The number of nitrogen functional groups attached to an aromatic ring is 1. The van der Waals surface area contributed by atoms with E-state index >= 15 is 0 Å². The summed E-state index contributed by atoms with van der Waals surface area (Å²) in [6.45, 7) is 9.84. The van der Waals surface area contributed by atoms with E-state index in [1.807, 2.05) is 0 Å². The molecule has 0 saturated carbocycles. The SMILES string of the molecule is CC(C)c1c(N)ncnc1NCC(C)N1CCCCC1. The zero-order valence-corrected chi connectivity index (χ0v) is 12.9. The Bertz CT molecular complexity index is 426. The third kappa shape index (κ3) is 3.60. The second kappa shape index (κ2) is 6.88. The summed E-state index contributed by atoms with van der Waals surface area (Å²) in [4.78, 5) is 11.0. The average Bonchev–Trinajstić information content (AvgIpc) is 2.45. The number of hydrogen-bond acceptors (Lipinski definition) is 5. The van der Waals surface area contributed by atoms with Crippen molar-refractivity contribution in [1.29, 1.82) is 0 Å². The number of anilines is 2. The van der Waals surface area contributed by atoms with E-state index in [0.717, 1.165) is 17.9 Å². The van der Waals surface area contributed by atoms with Gasteiger partial charge in [0.2, 0.25) is 0 Å². The van der Waals surface area contributed by atoms with Crippen LogP contribution in [0.5, 0.6) is 0 Å². The molecule has 20 heavy (non-hydrogen) atoms. The predicted molar refractivity (Wildman–Crippen MR) is 83.9 cm³/mol. The van der Waals surface area contributed by atoms with Gasteiger partial charge in [0.25, 0.3) is 0 Å². The van der Waals surface area contributed by atoms with E-state index in [-0.39, 0.29) is 0 Å². The topological polar surface area (TPSA) is 67.1 Å². The van der Waals surface area contributed by atoms with Crippen molar-refractivity contribution in [2.24, 2.45) is 0 Å². The first kappa shape index (κ1) is 15.0. The van der Waals surface area contributed by atoms with Crippen molar-refractivity contribution in [2.75, 3.05) is 30.7 Å². The maximum absolute atomic E-state index is 5.97. The average molecular weight is 277 g/mol. The molecule has 1 aromatic rings. The summed E-state index contributed by atoms with van der Waals surface area (Å²) in [6.07, 6.45) is 5.55. The molecule has 0 aromatic carbocycles. The maximum atomic E-state index is 5.97. The summed E-state index contributed by atoms with van der Waals surface area (Å²) >= 11 is 0. The standard InChI is InChI=1S/C15H27N5/c1-11(2)13-14(16)18-10-19-15(13)17-9-12(3)20-7-5-4-6-8-20/h10-12H,4-9H2,1-3H3,(H3,16,17,18,19). The monoisotopic (exact) mass is 277 g/mol. The van der Waals surface area contributed by atoms with Gasteiger partial charge in [0, 0.05) is 18.2 Å². The lowest BCUT2D eigenvalue weighted by Crippen LogP contribution is -2.41. The van der Waals surface area contributed by atoms with E-state index in [1.54, 1.807) is 0 Å². The molecule has 1 saturated heterocycles. The van der Waals surface area contributed by atoms with Gasteiger partial charge in [0.05, 0.1) is 0 Å². The van der Waals surface area contributed by atoms with Crippen LogP contribution in [0.2, 0.25) is 0 Å². The summed E-state index contributed by atoms with van der Waals surface area (Å²) in [5, 5.41) is 3.46. The van der Waals surface area contributed by atoms with Gasteiger partial charge >= 0.3 is 0 Å². The van der Waals surface area contributed by atoms with Crippen LogP contribution < -0.4 is 11.1 Å². The van der Waals surface area contributed by atoms with Crippen molar-refractivity contribution in [3.05, 3.63) is 11.9 Å². The molecule has 1 unspecified atom stereocenters. The van der Waals surface area contributed by atoms with Crippen LogP contribution in [0, 0.1) is 0 Å². The van der Waals surface area contributed by atoms with Crippen LogP contribution in [-0.4, -0.2) is 40.5 Å². The van der Waals surface area contributed by atoms with Gasteiger partial charge in [-0.15, -0.1) is 0 Å². The number of nitrogens with zero attached hydrogens (tertiary/aromatic N) is 3. The lowest BCUT2D eigenvalue weighted by molar-refractivity contribution is 0.180. The number of likely N-dealkylation sites (tertiary alicyclic amines) is 1. The Morgan fingerprint density at radius 1 is 1.20 bits per heavy atom. The van der Waals surface area contributed by atoms with Crippen molar-refractivity contribution in [1.82, 2.24) is 14.9 Å². The summed E-state index contributed by atoms with van der Waals surface area (Å²) in [6, 6.07) is 0.520.